The Bertz CT molecular complexity index is 1780. The third-order valence-electron chi connectivity index (χ3n) is 10.9. The minimum Gasteiger partial charge on any atom is -0.488 e. The van der Waals surface area contributed by atoms with Gasteiger partial charge >= 0.3 is 5.97 Å². The van der Waals surface area contributed by atoms with Crippen LogP contribution >= 0.6 is 0 Å². The molecule has 9 heteroatoms. The van der Waals surface area contributed by atoms with Crippen molar-refractivity contribution in [3.8, 4) is 16.9 Å². The number of ketones is 2. The van der Waals surface area contributed by atoms with E-state index >= 15 is 0 Å². The van der Waals surface area contributed by atoms with Gasteiger partial charge in [0, 0.05) is 37.3 Å². The van der Waals surface area contributed by atoms with Crippen LogP contribution in [0.1, 0.15) is 147 Å². The Morgan fingerprint density at radius 2 is 1.25 bits per heavy atom. The van der Waals surface area contributed by atoms with Crippen LogP contribution in [0.2, 0.25) is 0 Å². The van der Waals surface area contributed by atoms with Crippen molar-refractivity contribution in [2.45, 2.75) is 156 Å². The number of carbonyl (C=O) groups excluding carboxylic acids is 4. The molecule has 0 aliphatic carbocycles. The number of carbonyl (C=O) groups is 5. The monoisotopic (exact) mass is 811 g/mol. The lowest BCUT2D eigenvalue weighted by Gasteiger charge is -2.31. The SMILES string of the molecule is CCCCC[C@H](CC(=O)c1ccc(-c2ccc(CCCC)cc2)cc1)C(=O)N(C)[C@@H](Cc1ccc(OC(C)(C)C)cc1)C(=O)C[C@@H](C)C(=O)N[C@@H](CCCCC)C(=O)O. The Kier molecular flexibility index (Phi) is 20.0. The molecule has 0 saturated carbocycles. The number of ether oxygens (including phenoxy) is 1. The van der Waals surface area contributed by atoms with E-state index in [-0.39, 0.29) is 36.7 Å². The van der Waals surface area contributed by atoms with Gasteiger partial charge in [0.2, 0.25) is 11.8 Å². The summed E-state index contributed by atoms with van der Waals surface area (Å²) in [6, 6.07) is 21.5. The number of Topliss-reactive ketones (excluding diaryl/α,β-unsaturated/α-hetero) is 2. The normalized spacial score (nSPS) is 13.5. The molecular formula is C50H70N2O7. The summed E-state index contributed by atoms with van der Waals surface area (Å²) in [4.78, 5) is 69.3. The minimum atomic E-state index is -1.11. The number of unbranched alkanes of at least 4 members (excludes halogenated alkanes) is 5. The van der Waals surface area contributed by atoms with E-state index in [9.17, 15) is 29.1 Å². The van der Waals surface area contributed by atoms with Crippen LogP contribution in [0, 0.1) is 11.8 Å². The first-order valence-electron chi connectivity index (χ1n) is 21.9. The highest BCUT2D eigenvalue weighted by molar-refractivity contribution is 6.00. The predicted octanol–water partition coefficient (Wildman–Crippen LogP) is 10.5. The molecule has 0 aliphatic heterocycles. The Morgan fingerprint density at radius 3 is 1.80 bits per heavy atom. The summed E-state index contributed by atoms with van der Waals surface area (Å²) in [5.74, 6) is -3.17. The number of rotatable bonds is 26. The number of benzene rings is 3. The maximum atomic E-state index is 14.5. The van der Waals surface area contributed by atoms with Crippen molar-refractivity contribution in [3.63, 3.8) is 0 Å². The van der Waals surface area contributed by atoms with Crippen LogP contribution in [0.5, 0.6) is 5.75 Å². The second-order valence-electron chi connectivity index (χ2n) is 17.2. The molecule has 3 rings (SSSR count). The molecule has 2 N–H and O–H groups in total. The number of carboxylic acids is 1. The molecule has 0 radical (unpaired) electrons. The molecule has 0 fully saturated rings. The number of nitrogens with zero attached hydrogens (tertiary/aromatic N) is 1. The van der Waals surface area contributed by atoms with E-state index in [2.05, 4.69) is 43.4 Å². The zero-order chi connectivity index (χ0) is 43.5. The van der Waals surface area contributed by atoms with Gasteiger partial charge in [0.15, 0.2) is 11.6 Å². The number of hydrogen-bond donors (Lipinski definition) is 2. The molecule has 2 amide bonds. The second kappa shape index (κ2) is 24.3. The van der Waals surface area contributed by atoms with Crippen LogP contribution in [0.4, 0.5) is 0 Å². The summed E-state index contributed by atoms with van der Waals surface area (Å²) in [5, 5.41) is 12.4. The van der Waals surface area contributed by atoms with Gasteiger partial charge < -0.3 is 20.1 Å². The van der Waals surface area contributed by atoms with Gasteiger partial charge in [0.25, 0.3) is 0 Å². The van der Waals surface area contributed by atoms with Crippen LogP contribution in [0.25, 0.3) is 11.1 Å². The topological polar surface area (TPSA) is 130 Å². The molecule has 0 aromatic heterocycles. The van der Waals surface area contributed by atoms with E-state index < -0.39 is 41.4 Å². The van der Waals surface area contributed by atoms with Gasteiger partial charge in [0.1, 0.15) is 17.4 Å². The molecule has 4 atom stereocenters. The quantitative estimate of drug-likeness (QED) is 0.0610. The van der Waals surface area contributed by atoms with E-state index in [1.54, 1.807) is 14.0 Å². The average molecular weight is 811 g/mol. The van der Waals surface area contributed by atoms with E-state index in [1.807, 2.05) is 76.2 Å². The smallest absolute Gasteiger partial charge is 0.326 e. The molecule has 0 heterocycles. The van der Waals surface area contributed by atoms with Crippen molar-refractivity contribution in [2.24, 2.45) is 11.8 Å². The Morgan fingerprint density at radius 1 is 0.712 bits per heavy atom. The molecular weight excluding hydrogens is 741 g/mol. The van der Waals surface area contributed by atoms with Gasteiger partial charge in [-0.1, -0.05) is 133 Å². The van der Waals surface area contributed by atoms with Gasteiger partial charge in [-0.15, -0.1) is 0 Å². The highest BCUT2D eigenvalue weighted by Crippen LogP contribution is 2.26. The van der Waals surface area contributed by atoms with Gasteiger partial charge in [-0.25, -0.2) is 4.79 Å². The summed E-state index contributed by atoms with van der Waals surface area (Å²) >= 11 is 0. The van der Waals surface area contributed by atoms with Crippen LogP contribution in [0.15, 0.2) is 72.8 Å². The summed E-state index contributed by atoms with van der Waals surface area (Å²) in [6.07, 6.45) is 9.21. The highest BCUT2D eigenvalue weighted by Gasteiger charge is 2.34. The molecule has 0 spiro atoms. The summed E-state index contributed by atoms with van der Waals surface area (Å²) in [6.45, 7) is 13.8. The highest BCUT2D eigenvalue weighted by atomic mass is 16.5. The minimum absolute atomic E-state index is 0.00548. The lowest BCUT2D eigenvalue weighted by Crippen LogP contribution is -2.48. The maximum absolute atomic E-state index is 14.5. The third-order valence-corrected chi connectivity index (χ3v) is 10.9. The fraction of sp³-hybridized carbons (Fsp3) is 0.540. The average Bonchev–Trinajstić information content (AvgIpc) is 3.20. The maximum Gasteiger partial charge on any atom is 0.326 e. The molecule has 0 unspecified atom stereocenters. The fourth-order valence-electron chi connectivity index (χ4n) is 7.27. The lowest BCUT2D eigenvalue weighted by molar-refractivity contribution is -0.144. The Labute approximate surface area is 353 Å². The van der Waals surface area contributed by atoms with E-state index in [0.29, 0.717) is 30.6 Å². The molecule has 3 aromatic carbocycles. The van der Waals surface area contributed by atoms with Crippen molar-refractivity contribution < 1.29 is 33.8 Å². The summed E-state index contributed by atoms with van der Waals surface area (Å²) < 4.78 is 6.00. The first kappa shape index (κ1) is 48.6. The largest absolute Gasteiger partial charge is 0.488 e. The number of nitrogens with one attached hydrogen (secondary N) is 1. The van der Waals surface area contributed by atoms with Crippen molar-refractivity contribution in [1.29, 1.82) is 0 Å². The van der Waals surface area contributed by atoms with Crippen molar-refractivity contribution in [2.75, 3.05) is 7.05 Å². The molecule has 0 bridgehead atoms. The van der Waals surface area contributed by atoms with Gasteiger partial charge in [0.05, 0.1) is 6.04 Å². The van der Waals surface area contributed by atoms with Crippen LogP contribution < -0.4 is 10.1 Å². The number of aliphatic carboxylic acids is 1. The molecule has 0 aliphatic rings. The van der Waals surface area contributed by atoms with E-state index in [4.69, 9.17) is 4.74 Å². The molecule has 3 aromatic rings. The number of aryl methyl sites for hydroxylation is 1. The van der Waals surface area contributed by atoms with Gasteiger partial charge in [-0.3, -0.25) is 19.2 Å². The number of likely N-dealkylation sites (N-methyl/N-ethyl adjacent to an activating group) is 1. The third kappa shape index (κ3) is 16.4. The lowest BCUT2D eigenvalue weighted by atomic mass is 9.89. The Balaban J connectivity index is 1.85. The van der Waals surface area contributed by atoms with Gasteiger partial charge in [-0.05, 0) is 87.3 Å². The zero-order valence-corrected chi connectivity index (χ0v) is 37.0. The Hall–Kier alpha value is -4.79. The van der Waals surface area contributed by atoms with Crippen molar-refractivity contribution in [1.82, 2.24) is 10.2 Å². The van der Waals surface area contributed by atoms with Crippen molar-refractivity contribution >= 4 is 29.4 Å². The van der Waals surface area contributed by atoms with E-state index in [1.165, 1.54) is 10.5 Å². The first-order valence-corrected chi connectivity index (χ1v) is 21.9. The number of amides is 2. The summed E-state index contributed by atoms with van der Waals surface area (Å²) in [7, 11) is 1.61. The van der Waals surface area contributed by atoms with Crippen molar-refractivity contribution in [3.05, 3.63) is 89.5 Å². The predicted molar refractivity (Wildman–Crippen MR) is 237 cm³/mol. The molecule has 322 valence electrons. The van der Waals surface area contributed by atoms with Crippen LogP contribution in [-0.4, -0.2) is 64.1 Å². The molecule has 59 heavy (non-hydrogen) atoms. The first-order chi connectivity index (χ1) is 28.1. The van der Waals surface area contributed by atoms with Gasteiger partial charge in [-0.2, -0.15) is 0 Å². The fourth-order valence-corrected chi connectivity index (χ4v) is 7.27. The molecule has 9 nitrogen and oxygen atoms in total. The second-order valence-corrected chi connectivity index (χ2v) is 17.2. The number of carboxylic acid groups (broad SMARTS) is 1. The standard InChI is InChI=1S/C50H70N2O7/c1-9-12-15-18-41(34-45(53)40-28-26-39(27-29-40)38-24-20-36(21-25-38)17-14-11-3)48(56)52(8)44(33-37-22-30-42(31-23-37)59-50(5,6)7)46(54)32-35(4)47(55)51-43(49(57)58)19-16-13-10-2/h20-31,35,41,43-44H,9-19,32-34H2,1-8H3,(H,51,55)(H,57,58)/t35-,41-,43+,44+/m1/s1. The van der Waals surface area contributed by atoms with E-state index in [0.717, 1.165) is 68.1 Å². The molecule has 0 saturated heterocycles. The van der Waals surface area contributed by atoms with Crippen LogP contribution in [-0.2, 0) is 32.0 Å². The summed E-state index contributed by atoms with van der Waals surface area (Å²) in [5.41, 5.74) is 4.33. The number of hydrogen-bond acceptors (Lipinski definition) is 6. The van der Waals surface area contributed by atoms with Crippen LogP contribution in [0.3, 0.4) is 0 Å². The zero-order valence-electron chi connectivity index (χ0n) is 37.0.